The third kappa shape index (κ3) is 4.98. The summed E-state index contributed by atoms with van der Waals surface area (Å²) in [5.41, 5.74) is 4.23. The standard InChI is InChI=1S/C21H20F3N3O3/c1-2-18(29)27-12-14-11-17(13-3-5-15(6-4-13)30-21(22,23)24)20-19(16(14)7-10-28)25-8-9-26-20/h2-6,8,11,26,28H,1,7,9-10,12H2,(H,27,29). The van der Waals surface area contributed by atoms with Crippen LogP contribution in [0, 0.1) is 0 Å². The zero-order chi connectivity index (χ0) is 21.7. The molecule has 3 rings (SSSR count). The summed E-state index contributed by atoms with van der Waals surface area (Å²) in [4.78, 5) is 16.1. The van der Waals surface area contributed by atoms with Crippen molar-refractivity contribution in [2.75, 3.05) is 18.5 Å². The van der Waals surface area contributed by atoms with E-state index in [-0.39, 0.29) is 24.8 Å². The van der Waals surface area contributed by atoms with E-state index in [1.165, 1.54) is 24.3 Å². The molecule has 1 aliphatic heterocycles. The van der Waals surface area contributed by atoms with Crippen molar-refractivity contribution in [3.8, 4) is 16.9 Å². The topological polar surface area (TPSA) is 83.0 Å². The summed E-state index contributed by atoms with van der Waals surface area (Å²) in [5, 5.41) is 15.4. The number of alkyl halides is 3. The molecule has 3 N–H and O–H groups in total. The van der Waals surface area contributed by atoms with Crippen LogP contribution in [0.15, 0.2) is 48.0 Å². The average molecular weight is 419 g/mol. The molecule has 0 saturated carbocycles. The minimum atomic E-state index is -4.76. The molecule has 0 unspecified atom stereocenters. The van der Waals surface area contributed by atoms with Crippen LogP contribution in [0.3, 0.4) is 0 Å². The Labute approximate surface area is 171 Å². The van der Waals surface area contributed by atoms with Crippen molar-refractivity contribution in [1.29, 1.82) is 0 Å². The molecule has 0 atom stereocenters. The number of hydrogen-bond donors (Lipinski definition) is 3. The maximum absolute atomic E-state index is 12.4. The number of halogens is 3. The number of carbonyl (C=O) groups excluding carboxylic acids is 1. The highest BCUT2D eigenvalue weighted by atomic mass is 19.4. The number of nitrogens with zero attached hydrogens (tertiary/aromatic N) is 1. The van der Waals surface area contributed by atoms with Crippen LogP contribution >= 0.6 is 0 Å². The number of hydrogen-bond acceptors (Lipinski definition) is 5. The van der Waals surface area contributed by atoms with Gasteiger partial charge in [0, 0.05) is 24.9 Å². The zero-order valence-corrected chi connectivity index (χ0v) is 15.9. The fraction of sp³-hybridized carbons (Fsp3) is 0.238. The number of aliphatic imine (C=N–C) groups is 1. The summed E-state index contributed by atoms with van der Waals surface area (Å²) < 4.78 is 41.2. The molecule has 1 amide bonds. The quantitative estimate of drug-likeness (QED) is 0.598. The lowest BCUT2D eigenvalue weighted by molar-refractivity contribution is -0.274. The summed E-state index contributed by atoms with van der Waals surface area (Å²) in [7, 11) is 0. The van der Waals surface area contributed by atoms with E-state index >= 15 is 0 Å². The normalized spacial score (nSPS) is 12.7. The Hall–Kier alpha value is -3.33. The molecule has 0 fully saturated rings. The number of amides is 1. The molecule has 1 aliphatic rings. The van der Waals surface area contributed by atoms with E-state index in [1.54, 1.807) is 6.21 Å². The second kappa shape index (κ2) is 9.00. The first kappa shape index (κ1) is 21.4. The van der Waals surface area contributed by atoms with Crippen LogP contribution in [-0.4, -0.2) is 36.7 Å². The smallest absolute Gasteiger partial charge is 0.406 e. The van der Waals surface area contributed by atoms with Gasteiger partial charge in [-0.3, -0.25) is 9.79 Å². The second-order valence-electron chi connectivity index (χ2n) is 6.45. The third-order valence-electron chi connectivity index (χ3n) is 4.49. The van der Waals surface area contributed by atoms with Crippen molar-refractivity contribution in [2.45, 2.75) is 19.3 Å². The molecule has 9 heteroatoms. The Bertz CT molecular complexity index is 970. The molecule has 0 aromatic heterocycles. The lowest BCUT2D eigenvalue weighted by Gasteiger charge is -2.23. The molecule has 0 saturated heterocycles. The fourth-order valence-corrected chi connectivity index (χ4v) is 3.24. The van der Waals surface area contributed by atoms with Crippen LogP contribution in [0.2, 0.25) is 0 Å². The highest BCUT2D eigenvalue weighted by molar-refractivity contribution is 5.94. The minimum Gasteiger partial charge on any atom is -0.406 e. The molecule has 30 heavy (non-hydrogen) atoms. The molecular weight excluding hydrogens is 399 g/mol. The largest absolute Gasteiger partial charge is 0.573 e. The predicted molar refractivity (Wildman–Crippen MR) is 108 cm³/mol. The summed E-state index contributed by atoms with van der Waals surface area (Å²) in [6.45, 7) is 3.99. The monoisotopic (exact) mass is 419 g/mol. The van der Waals surface area contributed by atoms with Gasteiger partial charge in [-0.2, -0.15) is 0 Å². The molecular formula is C21H20F3N3O3. The average Bonchev–Trinajstić information content (AvgIpc) is 2.72. The summed E-state index contributed by atoms with van der Waals surface area (Å²) in [6.07, 6.45) is -1.58. The first-order chi connectivity index (χ1) is 14.3. The van der Waals surface area contributed by atoms with E-state index in [4.69, 9.17) is 0 Å². The van der Waals surface area contributed by atoms with Crippen LogP contribution < -0.4 is 15.4 Å². The van der Waals surface area contributed by atoms with Crippen molar-refractivity contribution in [1.82, 2.24) is 5.32 Å². The number of aliphatic hydroxyl groups excluding tert-OH is 1. The van der Waals surface area contributed by atoms with Crippen molar-refractivity contribution >= 4 is 23.5 Å². The number of rotatable bonds is 7. The van der Waals surface area contributed by atoms with Crippen LogP contribution in [-0.2, 0) is 17.8 Å². The first-order valence-corrected chi connectivity index (χ1v) is 9.15. The van der Waals surface area contributed by atoms with Gasteiger partial charge in [-0.15, -0.1) is 13.2 Å². The van der Waals surface area contributed by atoms with E-state index in [1.807, 2.05) is 6.07 Å². The molecule has 6 nitrogen and oxygen atoms in total. The van der Waals surface area contributed by atoms with E-state index in [0.29, 0.717) is 35.5 Å². The lowest BCUT2D eigenvalue weighted by atomic mass is 9.92. The predicted octanol–water partition coefficient (Wildman–Crippen LogP) is 3.72. The van der Waals surface area contributed by atoms with Crippen LogP contribution in [0.25, 0.3) is 11.1 Å². The highest BCUT2D eigenvalue weighted by Gasteiger charge is 2.31. The molecule has 0 radical (unpaired) electrons. The Kier molecular flexibility index (Phi) is 6.41. The highest BCUT2D eigenvalue weighted by Crippen LogP contribution is 2.42. The van der Waals surface area contributed by atoms with Crippen LogP contribution in [0.1, 0.15) is 11.1 Å². The van der Waals surface area contributed by atoms with Gasteiger partial charge in [-0.1, -0.05) is 18.7 Å². The number of anilines is 1. The maximum Gasteiger partial charge on any atom is 0.573 e. The van der Waals surface area contributed by atoms with Crippen LogP contribution in [0.5, 0.6) is 5.75 Å². The molecule has 2 aromatic carbocycles. The van der Waals surface area contributed by atoms with E-state index in [0.717, 1.165) is 17.2 Å². The fourth-order valence-electron chi connectivity index (χ4n) is 3.24. The van der Waals surface area contributed by atoms with Gasteiger partial charge >= 0.3 is 6.36 Å². The Morgan fingerprint density at radius 1 is 1.33 bits per heavy atom. The Morgan fingerprint density at radius 3 is 2.70 bits per heavy atom. The van der Waals surface area contributed by atoms with Crippen molar-refractivity contribution < 1.29 is 27.8 Å². The SMILES string of the molecule is C=CC(=O)NCc1cc(-c2ccc(OC(F)(F)F)cc2)c2c(c1CCO)N=CCN2. The third-order valence-corrected chi connectivity index (χ3v) is 4.49. The number of nitrogens with one attached hydrogen (secondary N) is 2. The molecule has 0 aliphatic carbocycles. The van der Waals surface area contributed by atoms with E-state index in [2.05, 4.69) is 26.9 Å². The minimum absolute atomic E-state index is 0.104. The molecule has 158 valence electrons. The summed E-state index contributed by atoms with van der Waals surface area (Å²) in [6, 6.07) is 7.36. The van der Waals surface area contributed by atoms with E-state index in [9.17, 15) is 23.1 Å². The Morgan fingerprint density at radius 2 is 2.07 bits per heavy atom. The van der Waals surface area contributed by atoms with Crippen LogP contribution in [0.4, 0.5) is 24.5 Å². The lowest BCUT2D eigenvalue weighted by Crippen LogP contribution is -2.21. The van der Waals surface area contributed by atoms with Crippen molar-refractivity contribution in [3.63, 3.8) is 0 Å². The van der Waals surface area contributed by atoms with Gasteiger partial charge in [-0.25, -0.2) is 0 Å². The number of aliphatic hydroxyl groups is 1. The first-order valence-electron chi connectivity index (χ1n) is 9.15. The van der Waals surface area contributed by atoms with Gasteiger partial charge in [0.2, 0.25) is 5.91 Å². The van der Waals surface area contributed by atoms with Crippen molar-refractivity contribution in [3.05, 3.63) is 54.1 Å². The summed E-state index contributed by atoms with van der Waals surface area (Å²) >= 11 is 0. The van der Waals surface area contributed by atoms with Gasteiger partial charge in [0.1, 0.15) is 5.75 Å². The van der Waals surface area contributed by atoms with Gasteiger partial charge in [0.05, 0.1) is 17.9 Å². The number of carbonyl (C=O) groups is 1. The van der Waals surface area contributed by atoms with E-state index < -0.39 is 6.36 Å². The van der Waals surface area contributed by atoms with Gasteiger partial charge in [-0.05, 0) is 47.4 Å². The molecule has 0 bridgehead atoms. The van der Waals surface area contributed by atoms with Gasteiger partial charge in [0.15, 0.2) is 0 Å². The maximum atomic E-state index is 12.4. The number of fused-ring (bicyclic) bond motifs is 1. The van der Waals surface area contributed by atoms with Crippen molar-refractivity contribution in [2.24, 2.45) is 4.99 Å². The molecule has 0 spiro atoms. The second-order valence-corrected chi connectivity index (χ2v) is 6.45. The zero-order valence-electron chi connectivity index (χ0n) is 15.9. The van der Waals surface area contributed by atoms with Gasteiger partial charge in [0.25, 0.3) is 0 Å². The van der Waals surface area contributed by atoms with Gasteiger partial charge < -0.3 is 20.5 Å². The number of benzene rings is 2. The number of ether oxygens (including phenoxy) is 1. The molecule has 1 heterocycles. The molecule has 2 aromatic rings. The Balaban J connectivity index is 2.06. The summed E-state index contributed by atoms with van der Waals surface area (Å²) in [5.74, 6) is -0.666.